The van der Waals surface area contributed by atoms with E-state index in [9.17, 15) is 0 Å². The summed E-state index contributed by atoms with van der Waals surface area (Å²) >= 11 is 0. The first-order valence-corrected chi connectivity index (χ1v) is 15.5. The van der Waals surface area contributed by atoms with E-state index in [1.54, 1.807) is 6.33 Å². The Labute approximate surface area is 284 Å². The largest absolute Gasteiger partial charge is 0.264 e. The standard InChI is InChI=1S/C27H28N3.C12H10N3.Ir/c1-18(2)24-16-23(21-12-8-6-9-13-21)17-25(19(3)4)26(24)30-27(28-20(5)29-30)22-14-10-7-11-15-22;1-8-9(2)15-12(13-7-14-15)11-6-4-3-5-10(8)11;/h6-14,16-19H,1-5H3;3-5,7H,1-2H3;/q2*-1;. The molecule has 0 saturated carbocycles. The van der Waals surface area contributed by atoms with E-state index in [0.29, 0.717) is 11.8 Å². The molecule has 0 fully saturated rings. The van der Waals surface area contributed by atoms with Crippen molar-refractivity contribution in [2.45, 2.75) is 60.3 Å². The van der Waals surface area contributed by atoms with E-state index >= 15 is 0 Å². The van der Waals surface area contributed by atoms with Crippen LogP contribution in [0.5, 0.6) is 0 Å². The molecule has 0 amide bonds. The second-order valence-electron chi connectivity index (χ2n) is 12.0. The molecule has 0 aliphatic heterocycles. The Kier molecular flexibility index (Phi) is 9.95. The number of hydrogen-bond acceptors (Lipinski definition) is 4. The quantitative estimate of drug-likeness (QED) is 0.164. The normalized spacial score (nSPS) is 11.2. The fourth-order valence-electron chi connectivity index (χ4n) is 5.83. The van der Waals surface area contributed by atoms with Crippen LogP contribution in [-0.4, -0.2) is 29.4 Å². The number of rotatable bonds is 5. The van der Waals surface area contributed by atoms with Crippen LogP contribution in [0.1, 0.15) is 67.7 Å². The molecule has 235 valence electrons. The van der Waals surface area contributed by atoms with Gasteiger partial charge in [0.25, 0.3) is 0 Å². The molecule has 0 atom stereocenters. The zero-order chi connectivity index (χ0) is 31.7. The van der Waals surface area contributed by atoms with Crippen LogP contribution in [-0.2, 0) is 20.1 Å². The van der Waals surface area contributed by atoms with E-state index in [4.69, 9.17) is 10.1 Å². The van der Waals surface area contributed by atoms with Gasteiger partial charge in [0.05, 0.1) is 17.2 Å². The number of nitrogens with zero attached hydrogens (tertiary/aromatic N) is 6. The van der Waals surface area contributed by atoms with Gasteiger partial charge < -0.3 is 0 Å². The number of pyridine rings is 1. The minimum Gasteiger partial charge on any atom is -0.264 e. The molecular weight excluding hydrogens is 745 g/mol. The van der Waals surface area contributed by atoms with Gasteiger partial charge in [0.1, 0.15) is 12.2 Å². The molecule has 0 saturated heterocycles. The average Bonchev–Trinajstić information content (AvgIpc) is 3.71. The molecule has 0 N–H and O–H groups in total. The molecule has 46 heavy (non-hydrogen) atoms. The molecule has 0 spiro atoms. The van der Waals surface area contributed by atoms with Crippen molar-refractivity contribution < 1.29 is 20.1 Å². The predicted octanol–water partition coefficient (Wildman–Crippen LogP) is 9.25. The molecule has 0 aliphatic rings. The Hall–Kier alpha value is -4.45. The first-order chi connectivity index (χ1) is 21.7. The summed E-state index contributed by atoms with van der Waals surface area (Å²) in [5.41, 5.74) is 10.4. The Morgan fingerprint density at radius 2 is 1.41 bits per heavy atom. The van der Waals surface area contributed by atoms with Gasteiger partial charge in [-0.15, -0.1) is 65.5 Å². The zero-order valence-corrected chi connectivity index (χ0v) is 29.7. The number of benzene rings is 4. The molecule has 4 aromatic carbocycles. The number of hydrogen-bond donors (Lipinski definition) is 0. The van der Waals surface area contributed by atoms with E-state index < -0.39 is 0 Å². The van der Waals surface area contributed by atoms with Crippen molar-refractivity contribution in [2.24, 2.45) is 0 Å². The van der Waals surface area contributed by atoms with Crippen LogP contribution >= 0.6 is 0 Å². The minimum absolute atomic E-state index is 0. The Morgan fingerprint density at radius 3 is 2.07 bits per heavy atom. The Balaban J connectivity index is 0.000000218. The summed E-state index contributed by atoms with van der Waals surface area (Å²) in [6.45, 7) is 15.1. The Morgan fingerprint density at radius 1 is 0.739 bits per heavy atom. The molecule has 1 radical (unpaired) electrons. The van der Waals surface area contributed by atoms with Crippen molar-refractivity contribution in [1.82, 2.24) is 29.4 Å². The summed E-state index contributed by atoms with van der Waals surface area (Å²) in [6, 6.07) is 35.8. The third-order valence-corrected chi connectivity index (χ3v) is 8.29. The van der Waals surface area contributed by atoms with Crippen LogP contribution in [0.4, 0.5) is 0 Å². The van der Waals surface area contributed by atoms with Gasteiger partial charge in [0.2, 0.25) is 0 Å². The van der Waals surface area contributed by atoms with Crippen LogP contribution in [0.15, 0.2) is 91.3 Å². The number of fused-ring (bicyclic) bond motifs is 3. The maximum Gasteiger partial charge on any atom is 0.137 e. The van der Waals surface area contributed by atoms with E-state index in [-0.39, 0.29) is 20.1 Å². The average molecular weight is 783 g/mol. The van der Waals surface area contributed by atoms with Crippen LogP contribution < -0.4 is 0 Å². The monoisotopic (exact) mass is 783 g/mol. The summed E-state index contributed by atoms with van der Waals surface area (Å²) in [5.74, 6) is 2.29. The van der Waals surface area contributed by atoms with Gasteiger partial charge in [-0.1, -0.05) is 69.0 Å². The minimum atomic E-state index is 0. The zero-order valence-electron chi connectivity index (χ0n) is 27.3. The topological polar surface area (TPSA) is 60.9 Å². The Bertz CT molecular complexity index is 2060. The smallest absolute Gasteiger partial charge is 0.137 e. The summed E-state index contributed by atoms with van der Waals surface area (Å²) in [4.78, 5) is 9.03. The molecule has 7 heteroatoms. The van der Waals surface area contributed by atoms with Crippen LogP contribution in [0.2, 0.25) is 0 Å². The van der Waals surface area contributed by atoms with Gasteiger partial charge in [-0.05, 0) is 67.0 Å². The van der Waals surface area contributed by atoms with Crippen molar-refractivity contribution >= 4 is 16.4 Å². The predicted molar refractivity (Wildman–Crippen MR) is 183 cm³/mol. The summed E-state index contributed by atoms with van der Waals surface area (Å²) in [6.07, 6.45) is 1.59. The molecule has 7 aromatic rings. The second-order valence-corrected chi connectivity index (χ2v) is 12.0. The fourth-order valence-corrected chi connectivity index (χ4v) is 5.83. The number of aryl methyl sites for hydroxylation is 3. The maximum atomic E-state index is 4.83. The van der Waals surface area contributed by atoms with E-state index in [0.717, 1.165) is 39.6 Å². The van der Waals surface area contributed by atoms with Crippen LogP contribution in [0, 0.1) is 32.9 Å². The fraction of sp³-hybridized carbons (Fsp3) is 0.231. The summed E-state index contributed by atoms with van der Waals surface area (Å²) in [7, 11) is 0. The van der Waals surface area contributed by atoms with Crippen molar-refractivity contribution in [2.75, 3.05) is 0 Å². The molecule has 3 aromatic heterocycles. The van der Waals surface area contributed by atoms with Crippen molar-refractivity contribution in [3.8, 4) is 28.2 Å². The van der Waals surface area contributed by atoms with Crippen molar-refractivity contribution in [3.63, 3.8) is 0 Å². The molecule has 7 rings (SSSR count). The number of aromatic nitrogens is 6. The van der Waals surface area contributed by atoms with Gasteiger partial charge in [-0.3, -0.25) is 19.2 Å². The van der Waals surface area contributed by atoms with Gasteiger partial charge in [-0.2, -0.15) is 10.2 Å². The van der Waals surface area contributed by atoms with E-state index in [2.05, 4.69) is 112 Å². The molecular formula is C39H38IrN6-2. The molecule has 3 heterocycles. The first kappa shape index (κ1) is 32.9. The summed E-state index contributed by atoms with van der Waals surface area (Å²) < 4.78 is 3.90. The van der Waals surface area contributed by atoms with Crippen molar-refractivity contribution in [1.29, 1.82) is 0 Å². The van der Waals surface area contributed by atoms with Crippen molar-refractivity contribution in [3.05, 3.63) is 132 Å². The molecule has 0 bridgehead atoms. The SMILES string of the molecule is Cc1c(C)n2ncnc2c2[c-]cccc12.Cc1nc(-c2[c-]cccc2)n(-c2c(C(C)C)cc(-c3ccccc3)cc2C(C)C)n1.[Ir]. The second kappa shape index (κ2) is 13.9. The van der Waals surface area contributed by atoms with E-state index in [1.165, 1.54) is 33.2 Å². The molecule has 0 unspecified atom stereocenters. The molecule has 6 nitrogen and oxygen atoms in total. The van der Waals surface area contributed by atoms with Gasteiger partial charge in [0, 0.05) is 25.8 Å². The van der Waals surface area contributed by atoms with Crippen LogP contribution in [0.25, 0.3) is 44.6 Å². The first-order valence-electron chi connectivity index (χ1n) is 15.5. The third-order valence-electron chi connectivity index (χ3n) is 8.29. The van der Waals surface area contributed by atoms with Crippen LogP contribution in [0.3, 0.4) is 0 Å². The maximum absolute atomic E-state index is 4.83. The van der Waals surface area contributed by atoms with E-state index in [1.807, 2.05) is 52.5 Å². The third kappa shape index (κ3) is 6.30. The van der Waals surface area contributed by atoms with Gasteiger partial charge in [-0.25, -0.2) is 0 Å². The van der Waals surface area contributed by atoms with Gasteiger partial charge in [0.15, 0.2) is 0 Å². The summed E-state index contributed by atoms with van der Waals surface area (Å²) in [5, 5.41) is 11.3. The van der Waals surface area contributed by atoms with Gasteiger partial charge >= 0.3 is 0 Å². The molecule has 0 aliphatic carbocycles.